The molecule has 0 saturated carbocycles. The number of aliphatic hydroxyl groups is 1. The van der Waals surface area contributed by atoms with E-state index in [2.05, 4.69) is 15.6 Å². The Balaban J connectivity index is 1.70. The van der Waals surface area contributed by atoms with Crippen molar-refractivity contribution in [2.24, 2.45) is 5.92 Å². The maximum Gasteiger partial charge on any atom is 0.317 e. The Morgan fingerprint density at radius 1 is 1.21 bits per heavy atom. The Kier molecular flexibility index (Phi) is 8.71. The predicted octanol–water partition coefficient (Wildman–Crippen LogP) is 3.82. The van der Waals surface area contributed by atoms with E-state index >= 15 is 0 Å². The lowest BCUT2D eigenvalue weighted by Crippen LogP contribution is -2.51. The summed E-state index contributed by atoms with van der Waals surface area (Å²) < 4.78 is 7.36. The molecule has 0 spiro atoms. The summed E-state index contributed by atoms with van der Waals surface area (Å²) in [4.78, 5) is 47.1. The molecule has 4 rings (SSSR count). The molecule has 3 atom stereocenters. The third-order valence-electron chi connectivity index (χ3n) is 6.64. The first-order chi connectivity index (χ1) is 18.6. The maximum absolute atomic E-state index is 13.7. The minimum absolute atomic E-state index is 0.0285. The number of nitrogens with one attached hydrogen (secondary N) is 2. The number of benzene rings is 2. The monoisotopic (exact) mass is 553 g/mol. The number of nitrogens with zero attached hydrogens (tertiary/aromatic N) is 3. The molecule has 3 N–H and O–H groups in total. The number of fused-ring (bicyclic) bond motifs is 2. The van der Waals surface area contributed by atoms with Crippen molar-refractivity contribution >= 4 is 45.1 Å². The topological polar surface area (TPSA) is 124 Å². The van der Waals surface area contributed by atoms with Gasteiger partial charge in [0.2, 0.25) is 0 Å². The molecule has 11 heteroatoms. The van der Waals surface area contributed by atoms with Crippen molar-refractivity contribution in [2.75, 3.05) is 32.1 Å². The van der Waals surface area contributed by atoms with Gasteiger partial charge in [-0.05, 0) is 45.0 Å². The number of ether oxygens (including phenoxy) is 1. The fraction of sp³-hybridized carbons (Fsp3) is 0.429. The summed E-state index contributed by atoms with van der Waals surface area (Å²) in [6.07, 6.45) is -0.506. The number of urea groups is 1. The lowest BCUT2D eigenvalue weighted by atomic mass is 9.99. The molecular formula is C28H35N5O5S. The highest BCUT2D eigenvalue weighted by Crippen LogP contribution is 2.35. The van der Waals surface area contributed by atoms with Gasteiger partial charge >= 0.3 is 6.03 Å². The van der Waals surface area contributed by atoms with Crippen LogP contribution in [-0.4, -0.2) is 82.7 Å². The van der Waals surface area contributed by atoms with Crippen LogP contribution >= 0.6 is 11.3 Å². The summed E-state index contributed by atoms with van der Waals surface area (Å²) in [6, 6.07) is 11.8. The fourth-order valence-corrected chi connectivity index (χ4v) is 5.28. The van der Waals surface area contributed by atoms with Crippen LogP contribution < -0.4 is 15.4 Å². The number of aromatic nitrogens is 1. The van der Waals surface area contributed by atoms with E-state index in [1.54, 1.807) is 42.0 Å². The van der Waals surface area contributed by atoms with Crippen molar-refractivity contribution < 1.29 is 24.2 Å². The van der Waals surface area contributed by atoms with Crippen LogP contribution in [0.4, 0.5) is 10.5 Å². The van der Waals surface area contributed by atoms with E-state index in [9.17, 15) is 19.5 Å². The molecule has 0 saturated heterocycles. The smallest absolute Gasteiger partial charge is 0.317 e. The molecule has 1 aromatic heterocycles. The molecule has 0 fully saturated rings. The average molecular weight is 554 g/mol. The van der Waals surface area contributed by atoms with Gasteiger partial charge in [0.25, 0.3) is 11.8 Å². The van der Waals surface area contributed by atoms with E-state index in [1.807, 2.05) is 45.0 Å². The second-order valence-corrected chi connectivity index (χ2v) is 11.3. The molecule has 1 aliphatic heterocycles. The van der Waals surface area contributed by atoms with Gasteiger partial charge in [0.1, 0.15) is 6.10 Å². The first-order valence-electron chi connectivity index (χ1n) is 13.0. The van der Waals surface area contributed by atoms with Crippen LogP contribution in [-0.2, 0) is 0 Å². The SMILES string of the molecule is CC(C)NC(=O)N(C)C[C@H]1Oc2c(NC(=O)c3nc4ccccc4s3)cccc2C(=O)N([C@H](C)CO)C[C@@H]1C. The maximum atomic E-state index is 13.7. The second-order valence-electron chi connectivity index (χ2n) is 10.2. The van der Waals surface area contributed by atoms with Gasteiger partial charge in [-0.15, -0.1) is 11.3 Å². The second kappa shape index (κ2) is 12.0. The van der Waals surface area contributed by atoms with Crippen LogP contribution in [0.3, 0.4) is 0 Å². The van der Waals surface area contributed by atoms with Crippen molar-refractivity contribution in [1.29, 1.82) is 0 Å². The van der Waals surface area contributed by atoms with Gasteiger partial charge in [-0.3, -0.25) is 9.59 Å². The molecule has 39 heavy (non-hydrogen) atoms. The van der Waals surface area contributed by atoms with E-state index in [-0.39, 0.29) is 53.4 Å². The molecule has 208 valence electrons. The highest BCUT2D eigenvalue weighted by Gasteiger charge is 2.35. The number of aliphatic hydroxyl groups excluding tert-OH is 1. The Morgan fingerprint density at radius 3 is 2.64 bits per heavy atom. The lowest BCUT2D eigenvalue weighted by Gasteiger charge is -2.38. The molecule has 2 aromatic carbocycles. The Morgan fingerprint density at radius 2 is 1.95 bits per heavy atom. The van der Waals surface area contributed by atoms with Crippen molar-refractivity contribution in [2.45, 2.75) is 45.9 Å². The number of thiazole rings is 1. The van der Waals surface area contributed by atoms with Crippen LogP contribution in [0.15, 0.2) is 42.5 Å². The molecule has 0 radical (unpaired) electrons. The van der Waals surface area contributed by atoms with E-state index in [4.69, 9.17) is 4.74 Å². The van der Waals surface area contributed by atoms with Crippen LogP contribution in [0.1, 0.15) is 47.9 Å². The Labute approximate surface area is 232 Å². The number of hydrogen-bond acceptors (Lipinski definition) is 7. The van der Waals surface area contributed by atoms with Crippen molar-refractivity contribution in [3.05, 3.63) is 53.0 Å². The average Bonchev–Trinajstić information content (AvgIpc) is 3.34. The van der Waals surface area contributed by atoms with Crippen molar-refractivity contribution in [3.8, 4) is 5.75 Å². The number of amides is 4. The van der Waals surface area contributed by atoms with Crippen LogP contribution in [0.2, 0.25) is 0 Å². The van der Waals surface area contributed by atoms with Gasteiger partial charge in [-0.2, -0.15) is 0 Å². The number of hydrogen-bond donors (Lipinski definition) is 3. The minimum atomic E-state index is -0.506. The van der Waals surface area contributed by atoms with Crippen LogP contribution in [0, 0.1) is 5.92 Å². The summed E-state index contributed by atoms with van der Waals surface area (Å²) in [5.74, 6) is -0.695. The fourth-order valence-electron chi connectivity index (χ4n) is 4.41. The van der Waals surface area contributed by atoms with Crippen LogP contribution in [0.25, 0.3) is 10.2 Å². The van der Waals surface area contributed by atoms with Gasteiger partial charge in [0.15, 0.2) is 10.8 Å². The van der Waals surface area contributed by atoms with Gasteiger partial charge in [-0.1, -0.05) is 25.1 Å². The Hall–Kier alpha value is -3.70. The molecule has 3 aromatic rings. The van der Waals surface area contributed by atoms with E-state index in [0.29, 0.717) is 12.2 Å². The highest BCUT2D eigenvalue weighted by atomic mass is 32.1. The summed E-state index contributed by atoms with van der Waals surface area (Å²) in [7, 11) is 1.69. The van der Waals surface area contributed by atoms with E-state index < -0.39 is 18.1 Å². The standard InChI is InChI=1S/C28H35N5O5S/c1-16(2)29-28(37)32(5)14-22-17(3)13-33(18(4)15-34)27(36)19-9-8-11-21(24(19)38-22)30-25(35)26-31-20-10-6-7-12-23(20)39-26/h6-12,16-18,22,34H,13-15H2,1-5H3,(H,29,37)(H,30,35)/t17-,18+,22+/m0/s1. The third kappa shape index (κ3) is 6.31. The Bertz CT molecular complexity index is 1330. The van der Waals surface area contributed by atoms with E-state index in [1.165, 1.54) is 11.3 Å². The highest BCUT2D eigenvalue weighted by molar-refractivity contribution is 7.20. The lowest BCUT2D eigenvalue weighted by molar-refractivity contribution is 0.0368. The van der Waals surface area contributed by atoms with Crippen LogP contribution in [0.5, 0.6) is 5.75 Å². The number of carbonyl (C=O) groups is 3. The summed E-state index contributed by atoms with van der Waals surface area (Å²) >= 11 is 1.28. The summed E-state index contributed by atoms with van der Waals surface area (Å²) in [5.41, 5.74) is 1.33. The van der Waals surface area contributed by atoms with Gasteiger partial charge in [-0.25, -0.2) is 9.78 Å². The number of likely N-dealkylation sites (N-methyl/N-ethyl adjacent to an activating group) is 1. The molecule has 10 nitrogen and oxygen atoms in total. The third-order valence-corrected chi connectivity index (χ3v) is 7.68. The molecule has 0 unspecified atom stereocenters. The van der Waals surface area contributed by atoms with Crippen molar-refractivity contribution in [3.63, 3.8) is 0 Å². The number of rotatable bonds is 7. The zero-order valence-electron chi connectivity index (χ0n) is 22.8. The molecule has 0 bridgehead atoms. The molecule has 4 amide bonds. The largest absolute Gasteiger partial charge is 0.485 e. The minimum Gasteiger partial charge on any atom is -0.485 e. The number of anilines is 1. The number of carbonyl (C=O) groups excluding carboxylic acids is 3. The van der Waals surface area contributed by atoms with Gasteiger partial charge in [0, 0.05) is 25.6 Å². The summed E-state index contributed by atoms with van der Waals surface area (Å²) in [6.45, 7) is 7.86. The first-order valence-corrected chi connectivity index (χ1v) is 13.8. The van der Waals surface area contributed by atoms with E-state index in [0.717, 1.165) is 10.2 Å². The van der Waals surface area contributed by atoms with Gasteiger partial charge in [0.05, 0.1) is 40.7 Å². The zero-order chi connectivity index (χ0) is 28.3. The molecule has 0 aliphatic carbocycles. The van der Waals surface area contributed by atoms with Gasteiger partial charge < -0.3 is 30.3 Å². The first kappa shape index (κ1) is 28.3. The summed E-state index contributed by atoms with van der Waals surface area (Å²) in [5, 5.41) is 15.9. The normalized spacial score (nSPS) is 18.1. The molecule has 1 aliphatic rings. The zero-order valence-corrected chi connectivity index (χ0v) is 23.6. The molecule has 2 heterocycles. The van der Waals surface area contributed by atoms with Crippen molar-refractivity contribution in [1.82, 2.24) is 20.1 Å². The quantitative estimate of drug-likeness (QED) is 0.409. The number of para-hydroxylation sites is 2. The molecular weight excluding hydrogens is 518 g/mol. The predicted molar refractivity (Wildman–Crippen MR) is 151 cm³/mol.